The lowest BCUT2D eigenvalue weighted by molar-refractivity contribution is -0.227. The highest BCUT2D eigenvalue weighted by atomic mass is 16.6. The highest BCUT2D eigenvalue weighted by molar-refractivity contribution is 4.86. The number of ether oxygens (including phenoxy) is 3. The van der Waals surface area contributed by atoms with Crippen LogP contribution < -0.4 is 0 Å². The topological polar surface area (TPSA) is 27.7 Å². The molecule has 0 bridgehead atoms. The maximum absolute atomic E-state index is 5.81. The molecule has 2 rings (SSSR count). The molecule has 0 radical (unpaired) electrons. The van der Waals surface area contributed by atoms with Crippen LogP contribution in [0.5, 0.6) is 0 Å². The van der Waals surface area contributed by atoms with Gasteiger partial charge in [-0.2, -0.15) is 0 Å². The predicted molar refractivity (Wildman–Crippen MR) is 44.1 cm³/mol. The molecule has 2 aliphatic heterocycles. The molecule has 2 heterocycles. The standard InChI is InChI=1S/C9H16O3/c1-2-9(6-11-7-9)12-5-8-3-10-4-8/h8H,2-7H2,1H3. The summed E-state index contributed by atoms with van der Waals surface area (Å²) in [6.45, 7) is 6.30. The second-order valence-electron chi connectivity index (χ2n) is 3.74. The van der Waals surface area contributed by atoms with Crippen LogP contribution >= 0.6 is 0 Å². The Hall–Kier alpha value is -0.120. The van der Waals surface area contributed by atoms with Gasteiger partial charge >= 0.3 is 0 Å². The Balaban J connectivity index is 1.69. The number of rotatable bonds is 4. The van der Waals surface area contributed by atoms with Gasteiger partial charge < -0.3 is 14.2 Å². The van der Waals surface area contributed by atoms with Crippen molar-refractivity contribution in [3.63, 3.8) is 0 Å². The van der Waals surface area contributed by atoms with Gasteiger partial charge in [0.05, 0.1) is 33.0 Å². The van der Waals surface area contributed by atoms with Gasteiger partial charge in [-0.05, 0) is 6.42 Å². The molecule has 0 spiro atoms. The summed E-state index contributed by atoms with van der Waals surface area (Å²) in [6.07, 6.45) is 1.06. The van der Waals surface area contributed by atoms with Crippen LogP contribution in [0.3, 0.4) is 0 Å². The summed E-state index contributed by atoms with van der Waals surface area (Å²) in [6, 6.07) is 0. The molecule has 0 atom stereocenters. The molecule has 3 nitrogen and oxygen atoms in total. The molecule has 0 unspecified atom stereocenters. The lowest BCUT2D eigenvalue weighted by Gasteiger charge is -2.42. The fourth-order valence-electron chi connectivity index (χ4n) is 1.39. The van der Waals surface area contributed by atoms with Crippen LogP contribution in [-0.4, -0.2) is 38.6 Å². The van der Waals surface area contributed by atoms with Crippen LogP contribution in [0, 0.1) is 5.92 Å². The van der Waals surface area contributed by atoms with Crippen molar-refractivity contribution in [2.24, 2.45) is 5.92 Å². The van der Waals surface area contributed by atoms with Crippen molar-refractivity contribution < 1.29 is 14.2 Å². The molecule has 0 saturated carbocycles. The number of hydrogen-bond acceptors (Lipinski definition) is 3. The molecule has 2 aliphatic rings. The van der Waals surface area contributed by atoms with Crippen molar-refractivity contribution in [2.75, 3.05) is 33.0 Å². The predicted octanol–water partition coefficient (Wildman–Crippen LogP) is 0.828. The van der Waals surface area contributed by atoms with Crippen LogP contribution in [0.15, 0.2) is 0 Å². The van der Waals surface area contributed by atoms with Gasteiger partial charge in [0.1, 0.15) is 5.60 Å². The zero-order valence-corrected chi connectivity index (χ0v) is 7.54. The molecule has 0 aromatic rings. The first kappa shape index (κ1) is 8.48. The normalized spacial score (nSPS) is 27.8. The lowest BCUT2D eigenvalue weighted by Crippen LogP contribution is -2.52. The lowest BCUT2D eigenvalue weighted by atomic mass is 9.98. The molecule has 0 amide bonds. The Morgan fingerprint density at radius 3 is 2.42 bits per heavy atom. The minimum absolute atomic E-state index is 0.0512. The summed E-state index contributed by atoms with van der Waals surface area (Å²) in [5, 5.41) is 0. The first-order chi connectivity index (χ1) is 5.85. The zero-order valence-electron chi connectivity index (χ0n) is 7.54. The summed E-state index contributed by atoms with van der Waals surface area (Å²) in [4.78, 5) is 0. The Morgan fingerprint density at radius 1 is 1.33 bits per heavy atom. The van der Waals surface area contributed by atoms with E-state index in [1.165, 1.54) is 0 Å². The average molecular weight is 172 g/mol. The quantitative estimate of drug-likeness (QED) is 0.628. The van der Waals surface area contributed by atoms with Crippen molar-refractivity contribution >= 4 is 0 Å². The summed E-state index contributed by atoms with van der Waals surface area (Å²) >= 11 is 0. The Kier molecular flexibility index (Phi) is 2.35. The third-order valence-corrected chi connectivity index (χ3v) is 2.71. The fourth-order valence-corrected chi connectivity index (χ4v) is 1.39. The van der Waals surface area contributed by atoms with Gasteiger partial charge in [0.2, 0.25) is 0 Å². The van der Waals surface area contributed by atoms with E-state index in [0.717, 1.165) is 39.5 Å². The summed E-state index contributed by atoms with van der Waals surface area (Å²) < 4.78 is 16.0. The van der Waals surface area contributed by atoms with E-state index in [4.69, 9.17) is 14.2 Å². The van der Waals surface area contributed by atoms with Gasteiger partial charge in [-0.15, -0.1) is 0 Å². The van der Waals surface area contributed by atoms with Crippen molar-refractivity contribution in [2.45, 2.75) is 18.9 Å². The molecular weight excluding hydrogens is 156 g/mol. The van der Waals surface area contributed by atoms with E-state index in [0.29, 0.717) is 5.92 Å². The van der Waals surface area contributed by atoms with Crippen molar-refractivity contribution in [1.29, 1.82) is 0 Å². The maximum atomic E-state index is 5.81. The molecule has 3 heteroatoms. The van der Waals surface area contributed by atoms with Gasteiger partial charge in [0.25, 0.3) is 0 Å². The molecule has 70 valence electrons. The molecule has 2 fully saturated rings. The number of hydrogen-bond donors (Lipinski definition) is 0. The van der Waals surface area contributed by atoms with E-state index in [-0.39, 0.29) is 5.60 Å². The summed E-state index contributed by atoms with van der Waals surface area (Å²) in [5.74, 6) is 0.633. The first-order valence-electron chi connectivity index (χ1n) is 4.64. The molecule has 0 N–H and O–H groups in total. The second-order valence-corrected chi connectivity index (χ2v) is 3.74. The molecule has 2 saturated heterocycles. The van der Waals surface area contributed by atoms with E-state index in [1.54, 1.807) is 0 Å². The summed E-state index contributed by atoms with van der Waals surface area (Å²) in [5.41, 5.74) is 0.0512. The Labute approximate surface area is 73.0 Å². The summed E-state index contributed by atoms with van der Waals surface area (Å²) in [7, 11) is 0. The van der Waals surface area contributed by atoms with Crippen LogP contribution in [0.1, 0.15) is 13.3 Å². The third kappa shape index (κ3) is 1.49. The molecule has 12 heavy (non-hydrogen) atoms. The highest BCUT2D eigenvalue weighted by Gasteiger charge is 2.38. The largest absolute Gasteiger partial charge is 0.381 e. The van der Waals surface area contributed by atoms with E-state index >= 15 is 0 Å². The smallest absolute Gasteiger partial charge is 0.114 e. The van der Waals surface area contributed by atoms with Gasteiger partial charge in [-0.25, -0.2) is 0 Å². The van der Waals surface area contributed by atoms with Crippen molar-refractivity contribution in [3.05, 3.63) is 0 Å². The van der Waals surface area contributed by atoms with Gasteiger partial charge in [0, 0.05) is 5.92 Å². The zero-order chi connectivity index (χ0) is 8.44. The van der Waals surface area contributed by atoms with Crippen LogP contribution in [0.2, 0.25) is 0 Å². The molecular formula is C9H16O3. The first-order valence-corrected chi connectivity index (χ1v) is 4.64. The van der Waals surface area contributed by atoms with E-state index in [9.17, 15) is 0 Å². The molecule has 0 aromatic carbocycles. The second kappa shape index (κ2) is 3.32. The van der Waals surface area contributed by atoms with E-state index < -0.39 is 0 Å². The minimum atomic E-state index is 0.0512. The van der Waals surface area contributed by atoms with Gasteiger partial charge in [0.15, 0.2) is 0 Å². The third-order valence-electron chi connectivity index (χ3n) is 2.71. The maximum Gasteiger partial charge on any atom is 0.114 e. The van der Waals surface area contributed by atoms with Crippen LogP contribution in [0.25, 0.3) is 0 Å². The minimum Gasteiger partial charge on any atom is -0.381 e. The fraction of sp³-hybridized carbons (Fsp3) is 1.00. The average Bonchev–Trinajstić information content (AvgIpc) is 1.91. The van der Waals surface area contributed by atoms with Gasteiger partial charge in [-0.1, -0.05) is 6.92 Å². The SMILES string of the molecule is CCC1(OCC2COC2)COC1. The Morgan fingerprint density at radius 2 is 2.08 bits per heavy atom. The van der Waals surface area contributed by atoms with Gasteiger partial charge in [-0.3, -0.25) is 0 Å². The van der Waals surface area contributed by atoms with Crippen molar-refractivity contribution in [1.82, 2.24) is 0 Å². The molecule has 0 aliphatic carbocycles. The van der Waals surface area contributed by atoms with E-state index in [1.807, 2.05) is 0 Å². The van der Waals surface area contributed by atoms with E-state index in [2.05, 4.69) is 6.92 Å². The highest BCUT2D eigenvalue weighted by Crippen LogP contribution is 2.27. The monoisotopic (exact) mass is 172 g/mol. The Bertz CT molecular complexity index is 144. The van der Waals surface area contributed by atoms with Crippen molar-refractivity contribution in [3.8, 4) is 0 Å². The molecule has 0 aromatic heterocycles. The van der Waals surface area contributed by atoms with Crippen LogP contribution in [-0.2, 0) is 14.2 Å². The van der Waals surface area contributed by atoms with Crippen LogP contribution in [0.4, 0.5) is 0 Å².